The molecule has 5 nitrogen and oxygen atoms in total. The average Bonchev–Trinajstić information content (AvgIpc) is 2.70. The molecular weight excluding hydrogens is 336 g/mol. The lowest BCUT2D eigenvalue weighted by molar-refractivity contribution is 0.0949. The van der Waals surface area contributed by atoms with Gasteiger partial charge in [0.15, 0.2) is 0 Å². The molecule has 0 saturated heterocycles. The summed E-state index contributed by atoms with van der Waals surface area (Å²) in [6.45, 7) is 5.33. The third-order valence-electron chi connectivity index (χ3n) is 4.82. The Morgan fingerprint density at radius 3 is 2.70 bits per heavy atom. The van der Waals surface area contributed by atoms with E-state index in [-0.39, 0.29) is 5.91 Å². The summed E-state index contributed by atoms with van der Waals surface area (Å²) in [4.78, 5) is 23.7. The summed E-state index contributed by atoms with van der Waals surface area (Å²) < 4.78 is 0. The molecule has 3 rings (SSSR count). The Bertz CT molecular complexity index is 801. The van der Waals surface area contributed by atoms with Gasteiger partial charge in [0.25, 0.3) is 5.91 Å². The number of aromatic nitrogens is 2. The van der Waals surface area contributed by atoms with Crippen molar-refractivity contribution in [3.8, 4) is 0 Å². The normalized spacial score (nSPS) is 13.8. The lowest BCUT2D eigenvalue weighted by Crippen LogP contribution is -2.27. The molecule has 0 fully saturated rings. The van der Waals surface area contributed by atoms with Crippen LogP contribution in [0.1, 0.15) is 55.2 Å². The Morgan fingerprint density at radius 1 is 1.19 bits per heavy atom. The number of nitrogens with zero attached hydrogens (tertiary/aromatic N) is 3. The first-order valence-corrected chi connectivity index (χ1v) is 9.81. The van der Waals surface area contributed by atoms with E-state index in [9.17, 15) is 4.79 Å². The van der Waals surface area contributed by atoms with Crippen molar-refractivity contribution < 1.29 is 4.79 Å². The minimum absolute atomic E-state index is 0.137. The molecule has 0 aliphatic heterocycles. The topological polar surface area (TPSA) is 58.1 Å². The van der Waals surface area contributed by atoms with Gasteiger partial charge in [-0.25, -0.2) is 9.97 Å². The van der Waals surface area contributed by atoms with Gasteiger partial charge in [0.05, 0.1) is 0 Å². The van der Waals surface area contributed by atoms with Crippen LogP contribution in [-0.2, 0) is 0 Å². The molecule has 1 amide bonds. The molecule has 5 heteroatoms. The van der Waals surface area contributed by atoms with E-state index in [1.165, 1.54) is 24.8 Å². The van der Waals surface area contributed by atoms with Crippen LogP contribution in [0.4, 0.5) is 11.6 Å². The first-order chi connectivity index (χ1) is 13.2. The van der Waals surface area contributed by atoms with Crippen molar-refractivity contribution in [2.45, 2.75) is 46.0 Å². The van der Waals surface area contributed by atoms with E-state index in [1.807, 2.05) is 42.2 Å². The second-order valence-electron chi connectivity index (χ2n) is 6.89. The predicted octanol–water partition coefficient (Wildman–Crippen LogP) is 4.56. The van der Waals surface area contributed by atoms with Gasteiger partial charge in [-0.05, 0) is 64.2 Å². The van der Waals surface area contributed by atoms with Crippen LogP contribution in [0.25, 0.3) is 0 Å². The summed E-state index contributed by atoms with van der Waals surface area (Å²) in [6.07, 6.45) is 8.13. The van der Waals surface area contributed by atoms with E-state index in [2.05, 4.69) is 28.3 Å². The highest BCUT2D eigenvalue weighted by Crippen LogP contribution is 2.22. The number of aryl methyl sites for hydroxylation is 1. The third kappa shape index (κ3) is 5.16. The molecular formula is C22H28N4O. The van der Waals surface area contributed by atoms with E-state index in [0.29, 0.717) is 18.2 Å². The molecule has 27 heavy (non-hydrogen) atoms. The van der Waals surface area contributed by atoms with Crippen LogP contribution in [-0.4, -0.2) is 29.0 Å². The van der Waals surface area contributed by atoms with Gasteiger partial charge in [0.1, 0.15) is 5.69 Å². The van der Waals surface area contributed by atoms with Crippen LogP contribution in [0.15, 0.2) is 48.0 Å². The van der Waals surface area contributed by atoms with Crippen molar-refractivity contribution in [3.05, 3.63) is 59.4 Å². The van der Waals surface area contributed by atoms with E-state index in [0.717, 1.165) is 30.8 Å². The molecule has 2 aromatic rings. The molecule has 1 aliphatic carbocycles. The SMILES string of the molecule is CCN(c1ccccc1)c1nc(C)cc(C(=O)NCCC2=CCCCC2)n1. The second kappa shape index (κ2) is 9.31. The summed E-state index contributed by atoms with van der Waals surface area (Å²) in [7, 11) is 0. The Balaban J connectivity index is 1.70. The standard InChI is InChI=1S/C22H28N4O/c1-3-26(19-12-8-5-9-13-19)22-24-17(2)16-20(25-22)21(27)23-15-14-18-10-6-4-7-11-18/h5,8-10,12-13,16H,3-4,6-7,11,14-15H2,1-2H3,(H,23,27). The van der Waals surface area contributed by atoms with E-state index in [1.54, 1.807) is 6.07 Å². The molecule has 1 aromatic heterocycles. The molecule has 0 unspecified atom stereocenters. The van der Waals surface area contributed by atoms with Crippen LogP contribution in [0.3, 0.4) is 0 Å². The molecule has 0 saturated carbocycles. The minimum Gasteiger partial charge on any atom is -0.350 e. The van der Waals surface area contributed by atoms with Gasteiger partial charge in [0, 0.05) is 24.5 Å². The maximum Gasteiger partial charge on any atom is 0.270 e. The monoisotopic (exact) mass is 364 g/mol. The maximum absolute atomic E-state index is 12.6. The van der Waals surface area contributed by atoms with Crippen molar-refractivity contribution in [2.75, 3.05) is 18.0 Å². The fraction of sp³-hybridized carbons (Fsp3) is 0.409. The molecule has 142 valence electrons. The number of anilines is 2. The third-order valence-corrected chi connectivity index (χ3v) is 4.82. The number of para-hydroxylation sites is 1. The lowest BCUT2D eigenvalue weighted by atomic mass is 9.97. The van der Waals surface area contributed by atoms with Crippen molar-refractivity contribution in [1.29, 1.82) is 0 Å². The van der Waals surface area contributed by atoms with Crippen molar-refractivity contribution in [3.63, 3.8) is 0 Å². The summed E-state index contributed by atoms with van der Waals surface area (Å²) in [5, 5.41) is 3.01. The van der Waals surface area contributed by atoms with Crippen LogP contribution in [0.5, 0.6) is 0 Å². The number of nitrogens with one attached hydrogen (secondary N) is 1. The fourth-order valence-electron chi connectivity index (χ4n) is 3.40. The van der Waals surface area contributed by atoms with Crippen LogP contribution in [0.2, 0.25) is 0 Å². The van der Waals surface area contributed by atoms with Crippen LogP contribution >= 0.6 is 0 Å². The Kier molecular flexibility index (Phi) is 6.58. The Labute approximate surface area is 161 Å². The maximum atomic E-state index is 12.6. The van der Waals surface area contributed by atoms with Crippen LogP contribution in [0, 0.1) is 6.92 Å². The highest BCUT2D eigenvalue weighted by molar-refractivity contribution is 5.92. The van der Waals surface area contributed by atoms with Gasteiger partial charge >= 0.3 is 0 Å². The summed E-state index contributed by atoms with van der Waals surface area (Å²) in [5.74, 6) is 0.422. The summed E-state index contributed by atoms with van der Waals surface area (Å²) in [6, 6.07) is 11.7. The van der Waals surface area contributed by atoms with E-state index >= 15 is 0 Å². The van der Waals surface area contributed by atoms with Gasteiger partial charge in [-0.3, -0.25) is 4.79 Å². The van der Waals surface area contributed by atoms with Crippen LogP contribution < -0.4 is 10.2 Å². The Morgan fingerprint density at radius 2 is 2.00 bits per heavy atom. The minimum atomic E-state index is -0.137. The smallest absolute Gasteiger partial charge is 0.270 e. The second-order valence-corrected chi connectivity index (χ2v) is 6.89. The molecule has 1 N–H and O–H groups in total. The number of amides is 1. The number of carbonyl (C=O) groups excluding carboxylic acids is 1. The van der Waals surface area contributed by atoms with Gasteiger partial charge < -0.3 is 10.2 Å². The number of hydrogen-bond donors (Lipinski definition) is 1. The largest absolute Gasteiger partial charge is 0.350 e. The number of rotatable bonds is 7. The fourth-order valence-corrected chi connectivity index (χ4v) is 3.40. The average molecular weight is 364 g/mol. The first kappa shape index (κ1) is 19.1. The number of benzene rings is 1. The van der Waals surface area contributed by atoms with Crippen molar-refractivity contribution in [2.24, 2.45) is 0 Å². The van der Waals surface area contributed by atoms with Crippen molar-refractivity contribution >= 4 is 17.5 Å². The molecule has 1 aliphatic rings. The highest BCUT2D eigenvalue weighted by Gasteiger charge is 2.15. The summed E-state index contributed by atoms with van der Waals surface area (Å²) in [5.41, 5.74) is 3.68. The van der Waals surface area contributed by atoms with E-state index in [4.69, 9.17) is 0 Å². The molecule has 0 spiro atoms. The number of carbonyl (C=O) groups is 1. The predicted molar refractivity (Wildman–Crippen MR) is 109 cm³/mol. The zero-order valence-corrected chi connectivity index (χ0v) is 16.2. The molecule has 0 radical (unpaired) electrons. The van der Waals surface area contributed by atoms with E-state index < -0.39 is 0 Å². The molecule has 0 atom stereocenters. The summed E-state index contributed by atoms with van der Waals surface area (Å²) >= 11 is 0. The molecule has 1 aromatic carbocycles. The lowest BCUT2D eigenvalue weighted by Gasteiger charge is -2.21. The highest BCUT2D eigenvalue weighted by atomic mass is 16.1. The van der Waals surface area contributed by atoms with Gasteiger partial charge in [-0.15, -0.1) is 0 Å². The first-order valence-electron chi connectivity index (χ1n) is 9.81. The quantitative estimate of drug-likeness (QED) is 0.732. The van der Waals surface area contributed by atoms with Gasteiger partial charge in [-0.1, -0.05) is 29.8 Å². The zero-order chi connectivity index (χ0) is 19.1. The number of hydrogen-bond acceptors (Lipinski definition) is 4. The zero-order valence-electron chi connectivity index (χ0n) is 16.2. The molecule has 0 bridgehead atoms. The van der Waals surface area contributed by atoms with Gasteiger partial charge in [0.2, 0.25) is 5.95 Å². The van der Waals surface area contributed by atoms with Gasteiger partial charge in [-0.2, -0.15) is 0 Å². The molecule has 1 heterocycles. The van der Waals surface area contributed by atoms with Crippen molar-refractivity contribution in [1.82, 2.24) is 15.3 Å². The number of allylic oxidation sites excluding steroid dienone is 1. The Hall–Kier alpha value is -2.69.